The fourth-order valence-corrected chi connectivity index (χ4v) is 4.21. The van der Waals surface area contributed by atoms with E-state index in [-0.39, 0.29) is 47.5 Å². The summed E-state index contributed by atoms with van der Waals surface area (Å²) >= 11 is 0. The molecule has 3 heterocycles. The van der Waals surface area contributed by atoms with Crippen LogP contribution in [0.2, 0.25) is 0 Å². The Morgan fingerprint density at radius 1 is 1.26 bits per heavy atom. The summed E-state index contributed by atoms with van der Waals surface area (Å²) in [4.78, 5) is 39.1. The Morgan fingerprint density at radius 2 is 2.03 bits per heavy atom. The van der Waals surface area contributed by atoms with Crippen LogP contribution in [0.15, 0.2) is 6.33 Å². The molecule has 3 fully saturated rings. The lowest BCUT2D eigenvalue weighted by Gasteiger charge is -2.35. The summed E-state index contributed by atoms with van der Waals surface area (Å²) in [7, 11) is 1.58. The summed E-state index contributed by atoms with van der Waals surface area (Å²) in [5.74, 6) is 5.49. The van der Waals surface area contributed by atoms with Crippen LogP contribution in [0.3, 0.4) is 0 Å². The molecule has 4 atom stereocenters. The SMILES string of the molecule is CNC(=O)N(CC#Cc1nc(N)c2ncn(C3OC(C(=O)NC4CC4)C(O)C3O)c2n1)C1CCC1. The molecule has 0 aromatic carbocycles. The number of urea groups is 1. The third kappa shape index (κ3) is 4.47. The number of nitrogens with zero attached hydrogens (tertiary/aromatic N) is 5. The van der Waals surface area contributed by atoms with Crippen LogP contribution in [0, 0.1) is 11.8 Å². The third-order valence-electron chi connectivity index (χ3n) is 6.58. The number of amides is 3. The van der Waals surface area contributed by atoms with Crippen molar-refractivity contribution in [2.75, 3.05) is 19.3 Å². The number of aliphatic hydroxyl groups is 2. The zero-order chi connectivity index (χ0) is 24.7. The van der Waals surface area contributed by atoms with E-state index in [0.717, 1.165) is 32.1 Å². The number of fused-ring (bicyclic) bond motifs is 1. The molecule has 186 valence electrons. The van der Waals surface area contributed by atoms with Gasteiger partial charge in [-0.2, -0.15) is 0 Å². The Morgan fingerprint density at radius 3 is 2.69 bits per heavy atom. The average molecular weight is 485 g/mol. The van der Waals surface area contributed by atoms with E-state index in [1.165, 1.54) is 10.9 Å². The molecule has 13 nitrogen and oxygen atoms in total. The van der Waals surface area contributed by atoms with Crippen LogP contribution >= 0.6 is 0 Å². The van der Waals surface area contributed by atoms with Crippen molar-refractivity contribution in [2.45, 2.75) is 68.7 Å². The zero-order valence-corrected chi connectivity index (χ0v) is 19.2. The van der Waals surface area contributed by atoms with Gasteiger partial charge in [-0.1, -0.05) is 5.92 Å². The second-order valence-corrected chi connectivity index (χ2v) is 9.04. The molecule has 35 heavy (non-hydrogen) atoms. The van der Waals surface area contributed by atoms with Crippen LogP contribution in [0.1, 0.15) is 44.2 Å². The Bertz CT molecular complexity index is 1200. The van der Waals surface area contributed by atoms with Crippen LogP contribution in [0.4, 0.5) is 10.6 Å². The Balaban J connectivity index is 1.38. The number of imidazole rings is 1. The Labute approximate surface area is 201 Å². The normalized spacial score (nSPS) is 26.0. The largest absolute Gasteiger partial charge is 0.387 e. The summed E-state index contributed by atoms with van der Waals surface area (Å²) < 4.78 is 7.13. The molecule has 1 saturated heterocycles. The van der Waals surface area contributed by atoms with Gasteiger partial charge in [-0.25, -0.2) is 19.7 Å². The minimum Gasteiger partial charge on any atom is -0.387 e. The van der Waals surface area contributed by atoms with E-state index in [1.807, 2.05) is 0 Å². The molecule has 3 amide bonds. The molecule has 0 spiro atoms. The number of ether oxygens (including phenoxy) is 1. The van der Waals surface area contributed by atoms with Gasteiger partial charge in [0.25, 0.3) is 5.91 Å². The molecule has 3 aliphatic rings. The van der Waals surface area contributed by atoms with Crippen LogP contribution in [-0.2, 0) is 9.53 Å². The number of aliphatic hydroxyl groups excluding tert-OH is 2. The smallest absolute Gasteiger partial charge is 0.318 e. The van der Waals surface area contributed by atoms with Crippen molar-refractivity contribution in [2.24, 2.45) is 0 Å². The van der Waals surface area contributed by atoms with Crippen molar-refractivity contribution >= 4 is 28.9 Å². The number of hydrogen-bond acceptors (Lipinski definition) is 9. The fraction of sp³-hybridized carbons (Fsp3) is 0.591. The third-order valence-corrected chi connectivity index (χ3v) is 6.58. The Kier molecular flexibility index (Phi) is 6.18. The van der Waals surface area contributed by atoms with E-state index >= 15 is 0 Å². The van der Waals surface area contributed by atoms with Gasteiger partial charge >= 0.3 is 6.03 Å². The highest BCUT2D eigenvalue weighted by molar-refractivity contribution is 5.83. The maximum Gasteiger partial charge on any atom is 0.318 e. The summed E-state index contributed by atoms with van der Waals surface area (Å²) in [5.41, 5.74) is 6.57. The van der Waals surface area contributed by atoms with Gasteiger partial charge < -0.3 is 36.2 Å². The molecule has 6 N–H and O–H groups in total. The van der Waals surface area contributed by atoms with Crippen LogP contribution < -0.4 is 16.4 Å². The van der Waals surface area contributed by atoms with Crippen molar-refractivity contribution in [3.63, 3.8) is 0 Å². The first-order valence-electron chi connectivity index (χ1n) is 11.7. The van der Waals surface area contributed by atoms with Gasteiger partial charge in [0.2, 0.25) is 5.82 Å². The number of carbonyl (C=O) groups excluding carboxylic acids is 2. The zero-order valence-electron chi connectivity index (χ0n) is 19.2. The second kappa shape index (κ2) is 9.29. The lowest BCUT2D eigenvalue weighted by Crippen LogP contribution is -2.48. The van der Waals surface area contributed by atoms with Crippen molar-refractivity contribution < 1.29 is 24.5 Å². The molecule has 1 aliphatic heterocycles. The van der Waals surface area contributed by atoms with E-state index in [2.05, 4.69) is 37.4 Å². The van der Waals surface area contributed by atoms with Gasteiger partial charge in [0, 0.05) is 19.1 Å². The van der Waals surface area contributed by atoms with Crippen LogP contribution in [0.25, 0.3) is 11.2 Å². The lowest BCUT2D eigenvalue weighted by molar-refractivity contribution is -0.137. The quantitative estimate of drug-likeness (QED) is 0.327. The van der Waals surface area contributed by atoms with E-state index in [9.17, 15) is 19.8 Å². The molecule has 5 rings (SSSR count). The highest BCUT2D eigenvalue weighted by Crippen LogP contribution is 2.33. The molecule has 2 aromatic rings. The van der Waals surface area contributed by atoms with Gasteiger partial charge in [0.1, 0.15) is 17.7 Å². The number of rotatable bonds is 5. The van der Waals surface area contributed by atoms with E-state index in [1.54, 1.807) is 11.9 Å². The van der Waals surface area contributed by atoms with Crippen molar-refractivity contribution in [1.29, 1.82) is 0 Å². The van der Waals surface area contributed by atoms with Crippen molar-refractivity contribution in [3.05, 3.63) is 12.2 Å². The van der Waals surface area contributed by atoms with Crippen LogP contribution in [-0.4, -0.2) is 90.6 Å². The topological polar surface area (TPSA) is 181 Å². The molecule has 4 unspecified atom stereocenters. The molecule has 0 bridgehead atoms. The number of nitrogens with two attached hydrogens (primary N) is 1. The number of nitrogen functional groups attached to an aromatic ring is 1. The predicted molar refractivity (Wildman–Crippen MR) is 123 cm³/mol. The van der Waals surface area contributed by atoms with E-state index in [0.29, 0.717) is 0 Å². The molecule has 2 saturated carbocycles. The van der Waals surface area contributed by atoms with Gasteiger partial charge in [-0.05, 0) is 38.0 Å². The number of aromatic nitrogens is 4. The monoisotopic (exact) mass is 484 g/mol. The van der Waals surface area contributed by atoms with Crippen molar-refractivity contribution in [1.82, 2.24) is 35.1 Å². The van der Waals surface area contributed by atoms with E-state index in [4.69, 9.17) is 10.5 Å². The first kappa shape index (κ1) is 23.3. The number of carbonyl (C=O) groups is 2. The number of hydrogen-bond donors (Lipinski definition) is 5. The Hall–Kier alpha value is -3.47. The van der Waals surface area contributed by atoms with E-state index < -0.39 is 30.4 Å². The summed E-state index contributed by atoms with van der Waals surface area (Å²) in [6.45, 7) is 0.208. The lowest BCUT2D eigenvalue weighted by atomic mass is 9.92. The van der Waals surface area contributed by atoms with Crippen LogP contribution in [0.5, 0.6) is 0 Å². The standard InChI is InChI=1S/C22H28N8O5/c1-24-22(34)29(12-4-2-5-12)9-3-6-13-27-18(23)14-19(28-13)30(10-25-14)21-16(32)15(31)17(35-21)20(33)26-11-7-8-11/h10-12,15-17,21,31-32H,2,4-5,7-9H2,1H3,(H,24,34)(H,26,33)(H2,23,27,28). The summed E-state index contributed by atoms with van der Waals surface area (Å²) in [6, 6.07) is 0.0571. The highest BCUT2D eigenvalue weighted by Gasteiger charge is 2.48. The molecular weight excluding hydrogens is 456 g/mol. The average Bonchev–Trinajstić information content (AvgIpc) is 3.44. The number of nitrogens with one attached hydrogen (secondary N) is 2. The van der Waals surface area contributed by atoms with Gasteiger partial charge in [0.05, 0.1) is 12.9 Å². The molecule has 13 heteroatoms. The van der Waals surface area contributed by atoms with Crippen molar-refractivity contribution in [3.8, 4) is 11.8 Å². The van der Waals surface area contributed by atoms with Gasteiger partial charge in [0.15, 0.2) is 23.8 Å². The molecule has 2 aliphatic carbocycles. The minimum atomic E-state index is -1.42. The summed E-state index contributed by atoms with van der Waals surface area (Å²) in [6.07, 6.45) is 0.946. The maximum absolute atomic E-state index is 12.4. The maximum atomic E-state index is 12.4. The number of anilines is 1. The molecule has 0 radical (unpaired) electrons. The second-order valence-electron chi connectivity index (χ2n) is 9.04. The van der Waals surface area contributed by atoms with Gasteiger partial charge in [-0.3, -0.25) is 9.36 Å². The molecule has 2 aromatic heterocycles. The minimum absolute atomic E-state index is 0.0799. The fourth-order valence-electron chi connectivity index (χ4n) is 4.21. The molecular formula is C22H28N8O5. The highest BCUT2D eigenvalue weighted by atomic mass is 16.6. The predicted octanol–water partition coefficient (Wildman–Crippen LogP) is -1.15. The van der Waals surface area contributed by atoms with Gasteiger partial charge in [-0.15, -0.1) is 0 Å². The summed E-state index contributed by atoms with van der Waals surface area (Å²) in [5, 5.41) is 26.4. The first-order chi connectivity index (χ1) is 16.9. The first-order valence-corrected chi connectivity index (χ1v) is 11.7.